The van der Waals surface area contributed by atoms with Crippen molar-refractivity contribution in [3.63, 3.8) is 0 Å². The van der Waals surface area contributed by atoms with E-state index in [1.54, 1.807) is 0 Å². The van der Waals surface area contributed by atoms with Crippen molar-refractivity contribution >= 4 is 0 Å². The van der Waals surface area contributed by atoms with E-state index in [-0.39, 0.29) is 0 Å². The molecule has 0 aromatic carbocycles. The van der Waals surface area contributed by atoms with Gasteiger partial charge in [-0.25, -0.2) is 0 Å². The monoisotopic (exact) mass is 267 g/mol. The maximum Gasteiger partial charge on any atom is 0.0433 e. The Bertz CT molecular complexity index is 280. The van der Waals surface area contributed by atoms with Crippen LogP contribution < -0.4 is 5.32 Å². The van der Waals surface area contributed by atoms with E-state index in [0.29, 0.717) is 17.9 Å². The minimum atomic E-state index is 0.363. The molecule has 2 rings (SSSR count). The van der Waals surface area contributed by atoms with Crippen LogP contribution in [0.15, 0.2) is 0 Å². The lowest BCUT2D eigenvalue weighted by Crippen LogP contribution is -2.39. The normalized spacial score (nSPS) is 40.1. The van der Waals surface area contributed by atoms with Crippen LogP contribution in [-0.4, -0.2) is 25.3 Å². The fourth-order valence-corrected chi connectivity index (χ4v) is 5.40. The SMILES string of the molecule is CNCCC1CCCC2(C)C(C(C)CCO)CCC12. The van der Waals surface area contributed by atoms with Crippen molar-refractivity contribution in [1.29, 1.82) is 0 Å². The van der Waals surface area contributed by atoms with Gasteiger partial charge in [0.15, 0.2) is 0 Å². The van der Waals surface area contributed by atoms with Gasteiger partial charge in [-0.05, 0) is 74.8 Å². The highest BCUT2D eigenvalue weighted by Crippen LogP contribution is 2.60. The molecule has 0 saturated heterocycles. The molecule has 0 spiro atoms. The van der Waals surface area contributed by atoms with Crippen LogP contribution >= 0.6 is 0 Å². The highest BCUT2D eigenvalue weighted by Gasteiger charge is 2.51. The lowest BCUT2D eigenvalue weighted by molar-refractivity contribution is 0.0232. The van der Waals surface area contributed by atoms with Gasteiger partial charge >= 0.3 is 0 Å². The summed E-state index contributed by atoms with van der Waals surface area (Å²) in [5.41, 5.74) is 0.561. The molecule has 5 unspecified atom stereocenters. The Kier molecular flexibility index (Phi) is 5.30. The first-order chi connectivity index (χ1) is 9.13. The van der Waals surface area contributed by atoms with E-state index >= 15 is 0 Å². The zero-order valence-electron chi connectivity index (χ0n) is 13.1. The number of fused-ring (bicyclic) bond motifs is 1. The highest BCUT2D eigenvalue weighted by molar-refractivity contribution is 5.01. The van der Waals surface area contributed by atoms with Crippen LogP contribution in [0.2, 0.25) is 0 Å². The van der Waals surface area contributed by atoms with Crippen LogP contribution in [0.5, 0.6) is 0 Å². The minimum absolute atomic E-state index is 0.363. The Labute approximate surface area is 119 Å². The van der Waals surface area contributed by atoms with Gasteiger partial charge in [-0.15, -0.1) is 0 Å². The summed E-state index contributed by atoms with van der Waals surface area (Å²) in [6.45, 7) is 6.47. The molecule has 2 N–H and O–H groups in total. The topological polar surface area (TPSA) is 32.3 Å². The summed E-state index contributed by atoms with van der Waals surface area (Å²) in [5.74, 6) is 3.43. The number of nitrogens with one attached hydrogen (secondary N) is 1. The number of hydrogen-bond acceptors (Lipinski definition) is 2. The van der Waals surface area contributed by atoms with E-state index in [0.717, 1.165) is 24.2 Å². The van der Waals surface area contributed by atoms with Crippen molar-refractivity contribution in [2.24, 2.45) is 29.1 Å². The van der Waals surface area contributed by atoms with E-state index in [1.807, 2.05) is 0 Å². The molecule has 5 atom stereocenters. The molecule has 0 aromatic rings. The van der Waals surface area contributed by atoms with Crippen molar-refractivity contribution in [3.05, 3.63) is 0 Å². The Morgan fingerprint density at radius 1 is 1.32 bits per heavy atom. The first kappa shape index (κ1) is 15.3. The number of rotatable bonds is 6. The van der Waals surface area contributed by atoms with Gasteiger partial charge in [-0.1, -0.05) is 26.7 Å². The van der Waals surface area contributed by atoms with Gasteiger partial charge in [0.2, 0.25) is 0 Å². The molecule has 2 saturated carbocycles. The predicted octanol–water partition coefficient (Wildman–Crippen LogP) is 3.45. The van der Waals surface area contributed by atoms with E-state index < -0.39 is 0 Å². The second kappa shape index (κ2) is 6.58. The molecule has 0 amide bonds. The summed E-state index contributed by atoms with van der Waals surface area (Å²) in [4.78, 5) is 0. The predicted molar refractivity (Wildman–Crippen MR) is 81.1 cm³/mol. The molecule has 2 fully saturated rings. The van der Waals surface area contributed by atoms with Crippen molar-refractivity contribution in [2.75, 3.05) is 20.2 Å². The van der Waals surface area contributed by atoms with Gasteiger partial charge in [0.25, 0.3) is 0 Å². The molecule has 0 aromatic heterocycles. The molecule has 2 heteroatoms. The van der Waals surface area contributed by atoms with Crippen LogP contribution in [0, 0.1) is 29.1 Å². The molecular formula is C17H33NO. The van der Waals surface area contributed by atoms with Gasteiger partial charge in [0.05, 0.1) is 0 Å². The molecular weight excluding hydrogens is 234 g/mol. The van der Waals surface area contributed by atoms with Crippen molar-refractivity contribution in [1.82, 2.24) is 5.32 Å². The van der Waals surface area contributed by atoms with Crippen LogP contribution in [0.4, 0.5) is 0 Å². The Balaban J connectivity index is 2.05. The van der Waals surface area contributed by atoms with Gasteiger partial charge < -0.3 is 10.4 Å². The molecule has 2 nitrogen and oxygen atoms in total. The first-order valence-electron chi connectivity index (χ1n) is 8.39. The highest BCUT2D eigenvalue weighted by atomic mass is 16.3. The summed E-state index contributed by atoms with van der Waals surface area (Å²) in [5, 5.41) is 12.6. The maximum atomic E-state index is 9.24. The van der Waals surface area contributed by atoms with Crippen LogP contribution in [0.3, 0.4) is 0 Å². The Hall–Kier alpha value is -0.0800. The Morgan fingerprint density at radius 2 is 2.11 bits per heavy atom. The van der Waals surface area contributed by atoms with E-state index in [2.05, 4.69) is 26.2 Å². The van der Waals surface area contributed by atoms with Gasteiger partial charge in [-0.3, -0.25) is 0 Å². The van der Waals surface area contributed by atoms with Gasteiger partial charge in [0.1, 0.15) is 0 Å². The molecule has 2 aliphatic carbocycles. The average Bonchev–Trinajstić information content (AvgIpc) is 2.74. The summed E-state index contributed by atoms with van der Waals surface area (Å²) in [6.07, 6.45) is 9.48. The van der Waals surface area contributed by atoms with Crippen molar-refractivity contribution in [2.45, 2.75) is 58.8 Å². The molecule has 0 radical (unpaired) electrons. The summed E-state index contributed by atoms with van der Waals surface area (Å²) < 4.78 is 0. The van der Waals surface area contributed by atoms with Gasteiger partial charge in [-0.2, -0.15) is 0 Å². The lowest BCUT2D eigenvalue weighted by atomic mass is 9.58. The van der Waals surface area contributed by atoms with Crippen LogP contribution in [0.25, 0.3) is 0 Å². The van der Waals surface area contributed by atoms with Crippen LogP contribution in [-0.2, 0) is 0 Å². The molecule has 0 aliphatic heterocycles. The Morgan fingerprint density at radius 3 is 2.79 bits per heavy atom. The van der Waals surface area contributed by atoms with E-state index in [1.165, 1.54) is 45.1 Å². The molecule has 0 heterocycles. The molecule has 0 bridgehead atoms. The number of hydrogen-bond donors (Lipinski definition) is 2. The van der Waals surface area contributed by atoms with E-state index in [9.17, 15) is 5.11 Å². The second-order valence-electron chi connectivity index (χ2n) is 7.33. The summed E-state index contributed by atoms with van der Waals surface area (Å²) in [6, 6.07) is 0. The van der Waals surface area contributed by atoms with E-state index in [4.69, 9.17) is 0 Å². The largest absolute Gasteiger partial charge is 0.396 e. The standard InChI is InChI=1S/C17H33NO/c1-13(9-12-19)15-6-7-16-14(8-11-18-3)5-4-10-17(15,16)2/h13-16,18-19H,4-12H2,1-3H3. The summed E-state index contributed by atoms with van der Waals surface area (Å²) in [7, 11) is 2.07. The number of aliphatic hydroxyl groups is 1. The maximum absolute atomic E-state index is 9.24. The number of aliphatic hydroxyl groups excluding tert-OH is 1. The van der Waals surface area contributed by atoms with Crippen molar-refractivity contribution < 1.29 is 5.11 Å². The quantitative estimate of drug-likeness (QED) is 0.772. The van der Waals surface area contributed by atoms with Gasteiger partial charge in [0, 0.05) is 6.61 Å². The van der Waals surface area contributed by atoms with Crippen molar-refractivity contribution in [3.8, 4) is 0 Å². The van der Waals surface area contributed by atoms with Crippen LogP contribution in [0.1, 0.15) is 58.8 Å². The summed E-state index contributed by atoms with van der Waals surface area (Å²) >= 11 is 0. The smallest absolute Gasteiger partial charge is 0.0433 e. The average molecular weight is 267 g/mol. The fourth-order valence-electron chi connectivity index (χ4n) is 5.40. The minimum Gasteiger partial charge on any atom is -0.396 e. The fraction of sp³-hybridized carbons (Fsp3) is 1.00. The molecule has 112 valence electrons. The third kappa shape index (κ3) is 3.00. The molecule has 2 aliphatic rings. The zero-order valence-corrected chi connectivity index (χ0v) is 13.1. The first-order valence-corrected chi connectivity index (χ1v) is 8.39. The third-order valence-corrected chi connectivity index (χ3v) is 6.38. The lowest BCUT2D eigenvalue weighted by Gasteiger charge is -2.47. The second-order valence-corrected chi connectivity index (χ2v) is 7.33. The third-order valence-electron chi connectivity index (χ3n) is 6.38. The molecule has 19 heavy (non-hydrogen) atoms. The zero-order chi connectivity index (χ0) is 13.9.